The van der Waals surface area contributed by atoms with Crippen molar-refractivity contribution in [3.63, 3.8) is 0 Å². The molecule has 2 nitrogen and oxygen atoms in total. The number of halogens is 1. The molecule has 76 valence electrons. The van der Waals surface area contributed by atoms with Crippen LogP contribution in [0.5, 0.6) is 0 Å². The maximum absolute atomic E-state index is 11.1. The summed E-state index contributed by atoms with van der Waals surface area (Å²) in [6.45, 7) is 1.92. The zero-order chi connectivity index (χ0) is 11.1. The van der Waals surface area contributed by atoms with E-state index in [-0.39, 0.29) is 5.78 Å². The Bertz CT molecular complexity index is 445. The van der Waals surface area contributed by atoms with Crippen LogP contribution < -0.4 is 0 Å². The summed E-state index contributed by atoms with van der Waals surface area (Å²) in [6.07, 6.45) is 0.599. The van der Waals surface area contributed by atoms with Crippen LogP contribution in [0.1, 0.15) is 24.0 Å². The third kappa shape index (κ3) is 1.44. The van der Waals surface area contributed by atoms with Crippen LogP contribution in [0.15, 0.2) is 18.2 Å². The number of benzene rings is 1. The van der Waals surface area contributed by atoms with E-state index in [1.54, 1.807) is 6.07 Å². The van der Waals surface area contributed by atoms with Gasteiger partial charge in [0.25, 0.3) is 0 Å². The van der Waals surface area contributed by atoms with E-state index in [4.69, 9.17) is 11.6 Å². The Morgan fingerprint density at radius 3 is 2.60 bits per heavy atom. The Morgan fingerprint density at radius 1 is 1.47 bits per heavy atom. The van der Waals surface area contributed by atoms with E-state index in [1.807, 2.05) is 19.1 Å². The molecule has 1 aliphatic carbocycles. The topological polar surface area (TPSA) is 40.9 Å². The fourth-order valence-electron chi connectivity index (χ4n) is 2.17. The lowest BCUT2D eigenvalue weighted by atomic mass is 9.63. The normalized spacial score (nSPS) is 18.1. The van der Waals surface area contributed by atoms with Gasteiger partial charge in [-0.1, -0.05) is 23.7 Å². The second-order valence-electron chi connectivity index (χ2n) is 4.02. The SMILES string of the molecule is Cc1cccc(Cl)c1C1(C#N)CC(=O)C1. The minimum Gasteiger partial charge on any atom is -0.300 e. The number of nitriles is 1. The average molecular weight is 220 g/mol. The minimum absolute atomic E-state index is 0.135. The van der Waals surface area contributed by atoms with Gasteiger partial charge in [-0.15, -0.1) is 0 Å². The molecule has 1 aromatic rings. The molecule has 0 unspecified atom stereocenters. The Labute approximate surface area is 93.5 Å². The van der Waals surface area contributed by atoms with Crippen molar-refractivity contribution in [1.82, 2.24) is 0 Å². The molecule has 1 aliphatic rings. The largest absolute Gasteiger partial charge is 0.300 e. The number of ketones is 1. The zero-order valence-corrected chi connectivity index (χ0v) is 9.14. The van der Waals surface area contributed by atoms with Gasteiger partial charge in [0.2, 0.25) is 0 Å². The minimum atomic E-state index is -0.667. The monoisotopic (exact) mass is 219 g/mol. The van der Waals surface area contributed by atoms with E-state index in [0.29, 0.717) is 17.9 Å². The van der Waals surface area contributed by atoms with Crippen molar-refractivity contribution >= 4 is 17.4 Å². The van der Waals surface area contributed by atoms with Crippen LogP contribution in [0, 0.1) is 18.3 Å². The molecule has 0 heterocycles. The summed E-state index contributed by atoms with van der Waals surface area (Å²) in [5.41, 5.74) is 1.14. The highest BCUT2D eigenvalue weighted by atomic mass is 35.5. The van der Waals surface area contributed by atoms with Crippen molar-refractivity contribution in [1.29, 1.82) is 5.26 Å². The molecule has 0 amide bonds. The van der Waals surface area contributed by atoms with E-state index in [0.717, 1.165) is 11.1 Å². The van der Waals surface area contributed by atoms with Crippen LogP contribution in [0.2, 0.25) is 5.02 Å². The van der Waals surface area contributed by atoms with E-state index >= 15 is 0 Å². The van der Waals surface area contributed by atoms with Gasteiger partial charge in [-0.25, -0.2) is 0 Å². The number of nitrogens with zero attached hydrogens (tertiary/aromatic N) is 1. The first-order valence-electron chi connectivity index (χ1n) is 4.77. The smallest absolute Gasteiger partial charge is 0.136 e. The fraction of sp³-hybridized carbons (Fsp3) is 0.333. The quantitative estimate of drug-likeness (QED) is 0.729. The molecule has 3 heteroatoms. The molecule has 1 fully saturated rings. The van der Waals surface area contributed by atoms with Crippen molar-refractivity contribution in [2.45, 2.75) is 25.2 Å². The lowest BCUT2D eigenvalue weighted by molar-refractivity contribution is -0.126. The molecule has 0 atom stereocenters. The second-order valence-corrected chi connectivity index (χ2v) is 4.43. The summed E-state index contributed by atoms with van der Waals surface area (Å²) < 4.78 is 0. The summed E-state index contributed by atoms with van der Waals surface area (Å²) >= 11 is 6.09. The molecule has 0 aliphatic heterocycles. The van der Waals surface area contributed by atoms with E-state index in [9.17, 15) is 10.1 Å². The number of carbonyl (C=O) groups is 1. The predicted octanol–water partition coefficient (Wildman–Crippen LogP) is 2.77. The number of Topliss-reactive ketones (excluding diaryl/α,β-unsaturated/α-hetero) is 1. The van der Waals surface area contributed by atoms with E-state index in [2.05, 4.69) is 6.07 Å². The molecule has 1 saturated carbocycles. The third-order valence-corrected chi connectivity index (χ3v) is 3.23. The molecular weight excluding hydrogens is 210 g/mol. The number of carbonyl (C=O) groups excluding carboxylic acids is 1. The summed E-state index contributed by atoms with van der Waals surface area (Å²) in [4.78, 5) is 11.1. The Morgan fingerprint density at radius 2 is 2.13 bits per heavy atom. The standard InChI is InChI=1S/C12H10ClNO/c1-8-3-2-4-10(13)11(8)12(7-14)5-9(15)6-12/h2-4H,5-6H2,1H3. The number of rotatable bonds is 1. The molecule has 0 aromatic heterocycles. The van der Waals surface area contributed by atoms with Crippen LogP contribution in [-0.2, 0) is 10.2 Å². The molecule has 0 N–H and O–H groups in total. The van der Waals surface area contributed by atoms with Crippen LogP contribution in [-0.4, -0.2) is 5.78 Å². The van der Waals surface area contributed by atoms with Gasteiger partial charge in [0.1, 0.15) is 5.78 Å². The highest BCUT2D eigenvalue weighted by Crippen LogP contribution is 2.44. The van der Waals surface area contributed by atoms with Crippen molar-refractivity contribution in [3.05, 3.63) is 34.3 Å². The number of hydrogen-bond donors (Lipinski definition) is 0. The maximum atomic E-state index is 11.1. The molecule has 2 rings (SSSR count). The Hall–Kier alpha value is -1.33. The van der Waals surface area contributed by atoms with Crippen LogP contribution in [0.4, 0.5) is 0 Å². The van der Waals surface area contributed by atoms with Gasteiger partial charge in [0, 0.05) is 17.9 Å². The molecular formula is C12H10ClNO. The predicted molar refractivity (Wildman–Crippen MR) is 57.7 cm³/mol. The summed E-state index contributed by atoms with van der Waals surface area (Å²) in [5, 5.41) is 9.78. The molecule has 0 bridgehead atoms. The Balaban J connectivity index is 2.54. The summed E-state index contributed by atoms with van der Waals surface area (Å²) in [5.74, 6) is 0.135. The van der Waals surface area contributed by atoms with Crippen molar-refractivity contribution < 1.29 is 4.79 Å². The lowest BCUT2D eigenvalue weighted by Gasteiger charge is -2.35. The fourth-order valence-corrected chi connectivity index (χ4v) is 2.57. The molecule has 1 aromatic carbocycles. The van der Waals surface area contributed by atoms with Gasteiger partial charge in [-0.3, -0.25) is 4.79 Å². The van der Waals surface area contributed by atoms with Crippen molar-refractivity contribution in [3.8, 4) is 6.07 Å². The van der Waals surface area contributed by atoms with Gasteiger partial charge in [0.15, 0.2) is 0 Å². The van der Waals surface area contributed by atoms with E-state index < -0.39 is 5.41 Å². The summed E-state index contributed by atoms with van der Waals surface area (Å²) in [7, 11) is 0. The van der Waals surface area contributed by atoms with Crippen LogP contribution in [0.25, 0.3) is 0 Å². The highest BCUT2D eigenvalue weighted by Gasteiger charge is 2.47. The molecule has 0 radical (unpaired) electrons. The van der Waals surface area contributed by atoms with Gasteiger partial charge in [-0.2, -0.15) is 5.26 Å². The first kappa shape index (κ1) is 10.2. The molecule has 0 saturated heterocycles. The molecule has 0 spiro atoms. The van der Waals surface area contributed by atoms with E-state index in [1.165, 1.54) is 0 Å². The highest BCUT2D eigenvalue weighted by molar-refractivity contribution is 6.31. The average Bonchev–Trinajstić information content (AvgIpc) is 2.14. The summed E-state index contributed by atoms with van der Waals surface area (Å²) in [6, 6.07) is 7.78. The van der Waals surface area contributed by atoms with Crippen LogP contribution in [0.3, 0.4) is 0 Å². The van der Waals surface area contributed by atoms with Crippen molar-refractivity contribution in [2.75, 3.05) is 0 Å². The number of aryl methyl sites for hydroxylation is 1. The van der Waals surface area contributed by atoms with Gasteiger partial charge >= 0.3 is 0 Å². The molecule has 15 heavy (non-hydrogen) atoms. The Kier molecular flexibility index (Phi) is 2.28. The van der Waals surface area contributed by atoms with Crippen molar-refractivity contribution in [2.24, 2.45) is 0 Å². The zero-order valence-electron chi connectivity index (χ0n) is 8.38. The maximum Gasteiger partial charge on any atom is 0.136 e. The first-order chi connectivity index (χ1) is 7.09. The third-order valence-electron chi connectivity index (χ3n) is 2.91. The van der Waals surface area contributed by atoms with Crippen LogP contribution >= 0.6 is 11.6 Å². The number of hydrogen-bond acceptors (Lipinski definition) is 2. The lowest BCUT2D eigenvalue weighted by Crippen LogP contribution is -2.41. The van der Waals surface area contributed by atoms with Gasteiger partial charge in [-0.05, 0) is 24.1 Å². The second kappa shape index (κ2) is 3.36. The van der Waals surface area contributed by atoms with Gasteiger partial charge in [0.05, 0.1) is 11.5 Å². The first-order valence-corrected chi connectivity index (χ1v) is 5.15. The van der Waals surface area contributed by atoms with Gasteiger partial charge < -0.3 is 0 Å².